The molecule has 2 aromatic rings. The van der Waals surface area contributed by atoms with Crippen molar-refractivity contribution in [1.82, 2.24) is 14.8 Å². The highest BCUT2D eigenvalue weighted by molar-refractivity contribution is 5.85. The molecule has 3 unspecified atom stereocenters. The fourth-order valence-electron chi connectivity index (χ4n) is 6.30. The zero-order valence-electron chi connectivity index (χ0n) is 22.5. The Kier molecular flexibility index (Phi) is 7.58. The Morgan fingerprint density at radius 1 is 1.26 bits per heavy atom. The number of rotatable bonds is 9. The zero-order valence-corrected chi connectivity index (χ0v) is 22.5. The molecule has 1 aromatic heterocycles. The van der Waals surface area contributed by atoms with E-state index in [4.69, 9.17) is 4.74 Å². The minimum Gasteiger partial charge on any atom is -0.488 e. The second kappa shape index (κ2) is 10.5. The van der Waals surface area contributed by atoms with Gasteiger partial charge in [0.25, 0.3) is 0 Å². The molecule has 0 amide bonds. The van der Waals surface area contributed by atoms with Crippen LogP contribution in [-0.4, -0.2) is 82.8 Å². The summed E-state index contributed by atoms with van der Waals surface area (Å²) in [5.74, 6) is -2.42. The molecule has 0 saturated carbocycles. The van der Waals surface area contributed by atoms with Crippen LogP contribution in [0.5, 0.6) is 0 Å². The molecule has 5 rings (SSSR count). The average Bonchev–Trinajstić information content (AvgIpc) is 3.18. The highest BCUT2D eigenvalue weighted by atomic mass is 19.2. The number of aromatic amines is 1. The summed E-state index contributed by atoms with van der Waals surface area (Å²) >= 11 is 0. The molecule has 39 heavy (non-hydrogen) atoms. The van der Waals surface area contributed by atoms with Crippen molar-refractivity contribution < 1.29 is 31.8 Å². The van der Waals surface area contributed by atoms with Crippen molar-refractivity contribution in [3.63, 3.8) is 0 Å². The smallest absolute Gasteiger partial charge is 0.143 e. The van der Waals surface area contributed by atoms with Gasteiger partial charge in [-0.2, -0.15) is 0 Å². The Balaban J connectivity index is 1.49. The van der Waals surface area contributed by atoms with Crippen molar-refractivity contribution in [2.24, 2.45) is 5.92 Å². The molecular weight excluding hydrogens is 517 g/mol. The number of aliphatic hydroxyl groups excluding tert-OH is 1. The number of aliphatic hydroxyl groups is 1. The van der Waals surface area contributed by atoms with Crippen LogP contribution < -0.4 is 0 Å². The van der Waals surface area contributed by atoms with E-state index in [-0.39, 0.29) is 24.4 Å². The fourth-order valence-corrected chi connectivity index (χ4v) is 6.30. The number of hydrogen-bond donors (Lipinski definition) is 2. The number of alkyl halides is 3. The van der Waals surface area contributed by atoms with Gasteiger partial charge in [0.05, 0.1) is 25.2 Å². The molecule has 0 bridgehead atoms. The van der Waals surface area contributed by atoms with Gasteiger partial charge >= 0.3 is 0 Å². The number of ether oxygens (including phenoxy) is 1. The summed E-state index contributed by atoms with van der Waals surface area (Å²) in [7, 11) is 0. The Hall–Kier alpha value is -2.43. The third-order valence-corrected chi connectivity index (χ3v) is 8.22. The summed E-state index contributed by atoms with van der Waals surface area (Å²) in [6.45, 7) is 4.71. The molecule has 10 heteroatoms. The highest BCUT2D eigenvalue weighted by Crippen LogP contribution is 2.51. The number of nitrogens with zero attached hydrogens (tertiary/aromatic N) is 2. The summed E-state index contributed by atoms with van der Waals surface area (Å²) in [6.07, 6.45) is 3.07. The third-order valence-electron chi connectivity index (χ3n) is 8.22. The minimum atomic E-state index is -2.21. The van der Waals surface area contributed by atoms with Crippen LogP contribution >= 0.6 is 0 Å². The zero-order chi connectivity index (χ0) is 28.1. The van der Waals surface area contributed by atoms with Crippen LogP contribution in [0, 0.1) is 11.7 Å². The van der Waals surface area contributed by atoms with Gasteiger partial charge in [-0.1, -0.05) is 0 Å². The molecule has 214 valence electrons. The lowest BCUT2D eigenvalue weighted by Gasteiger charge is -2.48. The normalized spacial score (nSPS) is 29.9. The summed E-state index contributed by atoms with van der Waals surface area (Å²) in [5.41, 5.74) is -2.32. The number of nitrogens with one attached hydrogen (secondary N) is 1. The third kappa shape index (κ3) is 5.47. The molecule has 2 N–H and O–H groups in total. The van der Waals surface area contributed by atoms with Gasteiger partial charge in [-0.15, -0.1) is 0 Å². The van der Waals surface area contributed by atoms with Crippen LogP contribution in [-0.2, 0) is 11.2 Å². The van der Waals surface area contributed by atoms with E-state index in [1.165, 1.54) is 38.1 Å². The van der Waals surface area contributed by atoms with Crippen LogP contribution in [0.2, 0.25) is 0 Å². The van der Waals surface area contributed by atoms with E-state index in [1.54, 1.807) is 11.0 Å². The summed E-state index contributed by atoms with van der Waals surface area (Å²) in [6, 6.07) is 3.01. The maximum Gasteiger partial charge on any atom is 0.143 e. The van der Waals surface area contributed by atoms with Crippen molar-refractivity contribution in [2.75, 3.05) is 39.5 Å². The predicted octanol–water partition coefficient (Wildman–Crippen LogP) is 5.47. The minimum absolute atomic E-state index is 0.0870. The first-order valence-corrected chi connectivity index (χ1v) is 13.5. The molecule has 0 radical (unpaired) electrons. The average molecular weight is 554 g/mol. The maximum absolute atomic E-state index is 16.5. The van der Waals surface area contributed by atoms with Gasteiger partial charge in [-0.25, -0.2) is 17.6 Å². The van der Waals surface area contributed by atoms with Gasteiger partial charge < -0.3 is 14.8 Å². The molecule has 1 aromatic carbocycles. The Bertz CT molecular complexity index is 1270. The monoisotopic (exact) mass is 553 g/mol. The molecule has 0 spiro atoms. The number of aromatic nitrogens is 1. The highest BCUT2D eigenvalue weighted by Gasteiger charge is 2.52. The lowest BCUT2D eigenvalue weighted by Crippen LogP contribution is -2.54. The van der Waals surface area contributed by atoms with E-state index in [0.29, 0.717) is 49.1 Å². The van der Waals surface area contributed by atoms with Crippen molar-refractivity contribution in [3.8, 4) is 0 Å². The van der Waals surface area contributed by atoms with E-state index in [0.717, 1.165) is 5.56 Å². The molecule has 2 aliphatic heterocycles. The Morgan fingerprint density at radius 2 is 2.00 bits per heavy atom. The number of allylic oxidation sites excluding steroid dienone is 2. The quantitative estimate of drug-likeness (QED) is 0.405. The van der Waals surface area contributed by atoms with Crippen molar-refractivity contribution in [1.29, 1.82) is 0 Å². The largest absolute Gasteiger partial charge is 0.488 e. The molecule has 3 aliphatic rings. The number of fused-ring (bicyclic) bond motifs is 3. The maximum atomic E-state index is 16.5. The summed E-state index contributed by atoms with van der Waals surface area (Å²) in [5, 5.41) is 10.3. The number of likely N-dealkylation sites (tertiary alicyclic amines) is 1. The first kappa shape index (κ1) is 28.1. The van der Waals surface area contributed by atoms with Gasteiger partial charge in [0, 0.05) is 54.9 Å². The van der Waals surface area contributed by atoms with Crippen LogP contribution in [0.3, 0.4) is 0 Å². The summed E-state index contributed by atoms with van der Waals surface area (Å²) < 4.78 is 80.2. The van der Waals surface area contributed by atoms with Crippen molar-refractivity contribution >= 4 is 10.9 Å². The van der Waals surface area contributed by atoms with Crippen molar-refractivity contribution in [2.45, 2.75) is 63.1 Å². The lowest BCUT2D eigenvalue weighted by atomic mass is 9.75. The first-order valence-electron chi connectivity index (χ1n) is 13.5. The van der Waals surface area contributed by atoms with Crippen LogP contribution in [0.1, 0.15) is 44.5 Å². The van der Waals surface area contributed by atoms with E-state index < -0.39 is 48.2 Å². The second-order valence-electron chi connectivity index (χ2n) is 11.7. The molecule has 1 saturated heterocycles. The number of halogens is 5. The molecule has 3 heterocycles. The van der Waals surface area contributed by atoms with E-state index in [1.807, 2.05) is 11.8 Å². The molecule has 1 fully saturated rings. The lowest BCUT2D eigenvalue weighted by molar-refractivity contribution is -0.0347. The van der Waals surface area contributed by atoms with E-state index >= 15 is 13.2 Å². The van der Waals surface area contributed by atoms with Gasteiger partial charge in [0.2, 0.25) is 0 Å². The van der Waals surface area contributed by atoms with Gasteiger partial charge in [-0.3, -0.25) is 14.2 Å². The standard InChI is InChI=1S/C29H36F5N3O2/c1-17-9-22-21-10-18(31)5-6-24(21)35-26(22)27(37(17)15-28(2,33)16-38)25-23(32)11-19(12-29(25,3)34)39-20-13-36(14-20)8-4-7-30/h5-6,10-12,17,20,25,27,35,38H,4,7-9,13-16H2,1-3H3/t17-,25?,27-,28?,29?/m0/s1. The van der Waals surface area contributed by atoms with E-state index in [9.17, 15) is 13.9 Å². The summed E-state index contributed by atoms with van der Waals surface area (Å²) in [4.78, 5) is 6.97. The van der Waals surface area contributed by atoms with Crippen LogP contribution in [0.15, 0.2) is 41.9 Å². The Morgan fingerprint density at radius 3 is 2.67 bits per heavy atom. The molecule has 5 nitrogen and oxygen atoms in total. The molecule has 1 aliphatic carbocycles. The number of H-pyrrole nitrogens is 1. The van der Waals surface area contributed by atoms with Gasteiger partial charge in [-0.05, 0) is 63.5 Å². The second-order valence-corrected chi connectivity index (χ2v) is 11.7. The number of hydrogen-bond acceptors (Lipinski definition) is 4. The van der Waals surface area contributed by atoms with Gasteiger partial charge in [0.1, 0.15) is 34.8 Å². The molecule has 5 atom stereocenters. The van der Waals surface area contributed by atoms with Crippen LogP contribution in [0.25, 0.3) is 10.9 Å². The predicted molar refractivity (Wildman–Crippen MR) is 140 cm³/mol. The fraction of sp³-hybridized carbons (Fsp3) is 0.586. The van der Waals surface area contributed by atoms with Gasteiger partial charge in [0.15, 0.2) is 0 Å². The van der Waals surface area contributed by atoms with Crippen LogP contribution in [0.4, 0.5) is 22.0 Å². The van der Waals surface area contributed by atoms with Crippen molar-refractivity contribution in [3.05, 3.63) is 59.0 Å². The first-order chi connectivity index (χ1) is 18.4. The SMILES string of the molecule is C[C@H]1Cc2c([nH]c3ccc(F)cc23)[C@H](C2C(F)=CC(OC3CN(CCCF)C3)=CC2(C)F)N1CC(C)(F)CO. The Labute approximate surface area is 225 Å². The number of benzene rings is 1. The topological polar surface area (TPSA) is 51.7 Å². The van der Waals surface area contributed by atoms with E-state index in [2.05, 4.69) is 4.98 Å². The molecular formula is C29H36F5N3O2.